The Labute approximate surface area is 235 Å². The summed E-state index contributed by atoms with van der Waals surface area (Å²) >= 11 is 11.2. The van der Waals surface area contributed by atoms with Crippen LogP contribution in [0.3, 0.4) is 0 Å². The highest BCUT2D eigenvalue weighted by Gasteiger charge is 2.30. The molecule has 0 amide bonds. The topological polar surface area (TPSA) is 140 Å². The van der Waals surface area contributed by atoms with Crippen molar-refractivity contribution in [2.45, 2.75) is 12.6 Å². The third kappa shape index (κ3) is 9.71. The lowest BCUT2D eigenvalue weighted by molar-refractivity contribution is -0.138. The second-order valence-corrected chi connectivity index (χ2v) is 8.61. The average Bonchev–Trinajstić information content (AvgIpc) is 3.39. The number of aromatic carboxylic acids is 2. The number of nitrogens with zero attached hydrogens (tertiary/aromatic N) is 3. The van der Waals surface area contributed by atoms with E-state index in [4.69, 9.17) is 38.5 Å². The van der Waals surface area contributed by atoms with Crippen LogP contribution in [0.4, 0.5) is 18.9 Å². The van der Waals surface area contributed by atoms with Crippen LogP contribution in [-0.4, -0.2) is 50.5 Å². The van der Waals surface area contributed by atoms with E-state index in [2.05, 4.69) is 16.7 Å². The van der Waals surface area contributed by atoms with Crippen molar-refractivity contribution in [3.8, 4) is 0 Å². The molecular formula is C26H20Cl2F3N3O6. The first kappa shape index (κ1) is 31.8. The van der Waals surface area contributed by atoms with E-state index in [0.29, 0.717) is 23.7 Å². The molecule has 40 heavy (non-hydrogen) atoms. The second kappa shape index (κ2) is 14.1. The lowest BCUT2D eigenvalue weighted by atomic mass is 10.1. The number of hydrazone groups is 1. The molecular weight excluding hydrogens is 578 g/mol. The zero-order valence-electron chi connectivity index (χ0n) is 20.3. The quantitative estimate of drug-likeness (QED) is 0.288. The molecule has 3 N–H and O–H groups in total. The van der Waals surface area contributed by atoms with Gasteiger partial charge in [-0.15, -0.1) is 0 Å². The number of carboxylic acid groups (broad SMARTS) is 3. The van der Waals surface area contributed by atoms with Crippen LogP contribution < -0.4 is 5.01 Å². The van der Waals surface area contributed by atoms with E-state index in [0.717, 1.165) is 41.9 Å². The molecule has 0 saturated heterocycles. The fourth-order valence-corrected chi connectivity index (χ4v) is 3.36. The predicted octanol–water partition coefficient (Wildman–Crippen LogP) is 6.36. The fraction of sp³-hybridized carbons (Fsp3) is 0.115. The maximum absolute atomic E-state index is 11.9. The minimum atomic E-state index is -4.36. The van der Waals surface area contributed by atoms with Crippen LogP contribution in [-0.2, 0) is 11.0 Å². The molecule has 3 aromatic rings. The van der Waals surface area contributed by atoms with Crippen molar-refractivity contribution in [2.24, 2.45) is 5.10 Å². The first-order chi connectivity index (χ1) is 18.7. The van der Waals surface area contributed by atoms with Gasteiger partial charge in [0, 0.05) is 36.5 Å². The van der Waals surface area contributed by atoms with Crippen LogP contribution in [0.2, 0.25) is 10.0 Å². The largest absolute Gasteiger partial charge is 0.478 e. The van der Waals surface area contributed by atoms with Crippen molar-refractivity contribution in [1.29, 1.82) is 0 Å². The molecule has 0 aliphatic carbocycles. The van der Waals surface area contributed by atoms with Gasteiger partial charge >= 0.3 is 24.1 Å². The number of carbonyl (C=O) groups is 3. The van der Waals surface area contributed by atoms with Gasteiger partial charge in [0.05, 0.1) is 33.1 Å². The number of halogens is 5. The highest BCUT2D eigenvalue weighted by atomic mass is 35.5. The molecule has 1 aliphatic rings. The number of hydrogen-bond acceptors (Lipinski definition) is 6. The summed E-state index contributed by atoms with van der Waals surface area (Å²) in [6, 6.07) is 12.1. The number of hydrogen-bond donors (Lipinski definition) is 3. The molecule has 0 unspecified atom stereocenters. The van der Waals surface area contributed by atoms with Gasteiger partial charge in [0.15, 0.2) is 0 Å². The third-order valence-corrected chi connectivity index (χ3v) is 5.35. The highest BCUT2D eigenvalue weighted by molar-refractivity contribution is 6.30. The summed E-state index contributed by atoms with van der Waals surface area (Å²) in [6.45, 7) is 3.50. The molecule has 0 fully saturated rings. The van der Waals surface area contributed by atoms with Gasteiger partial charge in [-0.05, 0) is 42.0 Å². The van der Waals surface area contributed by atoms with E-state index in [9.17, 15) is 27.6 Å². The SMILES string of the molecule is C=CC(=O)O.FC(F)(F)c1cncc(Cl)c1.O=C(O)c1cc(C(=O)O)cc(N2CCC(c3ccc(Cl)cc3)=N2)c1. The van der Waals surface area contributed by atoms with E-state index in [1.54, 1.807) is 17.1 Å². The molecule has 0 radical (unpaired) electrons. The summed E-state index contributed by atoms with van der Waals surface area (Å²) in [5.41, 5.74) is 1.21. The van der Waals surface area contributed by atoms with Gasteiger partial charge in [-0.1, -0.05) is 41.9 Å². The first-order valence-corrected chi connectivity index (χ1v) is 11.7. The number of aliphatic carboxylic acids is 1. The Morgan fingerprint density at radius 3 is 1.88 bits per heavy atom. The van der Waals surface area contributed by atoms with Gasteiger partial charge in [-0.2, -0.15) is 18.3 Å². The summed E-state index contributed by atoms with van der Waals surface area (Å²) in [4.78, 5) is 35.0. The van der Waals surface area contributed by atoms with Crippen molar-refractivity contribution in [3.05, 3.63) is 106 Å². The summed E-state index contributed by atoms with van der Waals surface area (Å²) in [6.07, 6.45) is -0.984. The number of aromatic nitrogens is 1. The number of anilines is 1. The Hall–Kier alpha value is -4.42. The smallest absolute Gasteiger partial charge is 0.417 e. The van der Waals surface area contributed by atoms with Crippen molar-refractivity contribution in [1.82, 2.24) is 4.98 Å². The molecule has 0 atom stereocenters. The van der Waals surface area contributed by atoms with E-state index >= 15 is 0 Å². The van der Waals surface area contributed by atoms with Crippen molar-refractivity contribution in [3.63, 3.8) is 0 Å². The van der Waals surface area contributed by atoms with Crippen LogP contribution in [0.15, 0.2) is 78.7 Å². The normalized spacial score (nSPS) is 12.2. The number of rotatable bonds is 5. The lowest BCUT2D eigenvalue weighted by Gasteiger charge is -2.15. The van der Waals surface area contributed by atoms with Crippen LogP contribution in [0.5, 0.6) is 0 Å². The van der Waals surface area contributed by atoms with E-state index in [1.165, 1.54) is 12.1 Å². The Morgan fingerprint density at radius 1 is 0.900 bits per heavy atom. The maximum atomic E-state index is 11.9. The Kier molecular flexibility index (Phi) is 11.2. The second-order valence-electron chi connectivity index (χ2n) is 7.74. The summed E-state index contributed by atoms with van der Waals surface area (Å²) in [5.74, 6) is -3.34. The highest BCUT2D eigenvalue weighted by Crippen LogP contribution is 2.29. The molecule has 2 heterocycles. The minimum absolute atomic E-state index is 0.0141. The Morgan fingerprint density at radius 2 is 1.45 bits per heavy atom. The molecule has 4 rings (SSSR count). The molecule has 210 valence electrons. The van der Waals surface area contributed by atoms with Gasteiger partial charge in [-0.25, -0.2) is 14.4 Å². The van der Waals surface area contributed by atoms with Gasteiger partial charge in [-0.3, -0.25) is 9.99 Å². The summed E-state index contributed by atoms with van der Waals surface area (Å²) in [7, 11) is 0. The molecule has 9 nitrogen and oxygen atoms in total. The number of carboxylic acids is 3. The Bertz CT molecular complexity index is 1400. The molecule has 0 spiro atoms. The molecule has 0 saturated carbocycles. The van der Waals surface area contributed by atoms with E-state index < -0.39 is 29.6 Å². The van der Waals surface area contributed by atoms with Crippen molar-refractivity contribution >= 4 is 52.5 Å². The number of benzene rings is 2. The number of pyridine rings is 1. The maximum Gasteiger partial charge on any atom is 0.417 e. The summed E-state index contributed by atoms with van der Waals surface area (Å²) < 4.78 is 35.6. The van der Waals surface area contributed by atoms with E-state index in [-0.39, 0.29) is 16.1 Å². The monoisotopic (exact) mass is 597 g/mol. The van der Waals surface area contributed by atoms with E-state index in [1.807, 2.05) is 12.1 Å². The average molecular weight is 598 g/mol. The summed E-state index contributed by atoms with van der Waals surface area (Å²) in [5, 5.41) is 32.6. The zero-order chi connectivity index (χ0) is 30.0. The van der Waals surface area contributed by atoms with Gasteiger partial charge < -0.3 is 15.3 Å². The lowest BCUT2D eigenvalue weighted by Crippen LogP contribution is -2.14. The van der Waals surface area contributed by atoms with Crippen LogP contribution >= 0.6 is 23.2 Å². The van der Waals surface area contributed by atoms with Gasteiger partial charge in [0.2, 0.25) is 0 Å². The standard InChI is InChI=1S/C17H13ClN2O4.C6H3ClF3N.C3H4O2/c18-13-3-1-10(2-4-13)15-5-6-20(19-15)14-8-11(16(21)22)7-12(9-14)17(23)24;7-5-1-4(2-11-3-5)6(8,9)10;1-2-3(4)5/h1-4,7-9H,5-6H2,(H,21,22)(H,23,24);1-3H;2H,1H2,(H,4,5). The minimum Gasteiger partial charge on any atom is -0.478 e. The third-order valence-electron chi connectivity index (χ3n) is 4.90. The molecule has 1 aromatic heterocycles. The van der Waals surface area contributed by atoms with Crippen LogP contribution in [0.1, 0.15) is 38.3 Å². The molecule has 2 aromatic carbocycles. The first-order valence-electron chi connectivity index (χ1n) is 11.0. The van der Waals surface area contributed by atoms with Crippen molar-refractivity contribution < 1.29 is 42.9 Å². The number of alkyl halides is 3. The van der Waals surface area contributed by atoms with Gasteiger partial charge in [0.25, 0.3) is 0 Å². The molecule has 1 aliphatic heterocycles. The fourth-order valence-electron chi connectivity index (χ4n) is 3.06. The van der Waals surface area contributed by atoms with Crippen LogP contribution in [0.25, 0.3) is 0 Å². The van der Waals surface area contributed by atoms with Gasteiger partial charge in [0.1, 0.15) is 0 Å². The molecule has 0 bridgehead atoms. The van der Waals surface area contributed by atoms with Crippen molar-refractivity contribution in [2.75, 3.05) is 11.6 Å². The molecule has 14 heteroatoms. The zero-order valence-corrected chi connectivity index (χ0v) is 21.8. The Balaban J connectivity index is 0.000000290. The van der Waals surface area contributed by atoms with Crippen LogP contribution in [0, 0.1) is 0 Å². The predicted molar refractivity (Wildman–Crippen MR) is 142 cm³/mol.